The summed E-state index contributed by atoms with van der Waals surface area (Å²) >= 11 is 22.8. The average molecular weight is 308 g/mol. The van der Waals surface area contributed by atoms with Crippen LogP contribution in [0.2, 0.25) is 20.1 Å². The van der Waals surface area contributed by atoms with Gasteiger partial charge >= 0.3 is 5.97 Å². The van der Waals surface area contributed by atoms with E-state index >= 15 is 0 Å². The monoisotopic (exact) mass is 306 g/mol. The minimum Gasteiger partial charge on any atom is -0.478 e. The number of aromatic carboxylic acids is 1. The molecule has 0 aromatic heterocycles. The number of aliphatic hydroxyl groups excluding tert-OH is 1. The summed E-state index contributed by atoms with van der Waals surface area (Å²) in [5.41, 5.74) is -0.387. The zero-order valence-corrected chi connectivity index (χ0v) is 11.0. The van der Waals surface area contributed by atoms with Gasteiger partial charge in [0.2, 0.25) is 0 Å². The highest BCUT2D eigenvalue weighted by molar-refractivity contribution is 6.53. The Bertz CT molecular complexity index is 436. The first-order valence-electron chi connectivity index (χ1n) is 3.60. The predicted octanol–water partition coefficient (Wildman–Crippen LogP) is 3.87. The van der Waals surface area contributed by atoms with Crippen molar-refractivity contribution in [2.45, 2.75) is 6.61 Å². The number of halogens is 4. The first-order chi connectivity index (χ1) is 6.91. The van der Waals surface area contributed by atoms with Gasteiger partial charge in [0, 0.05) is 5.56 Å². The molecule has 0 radical (unpaired) electrons. The quantitative estimate of drug-likeness (QED) is 0.572. The highest BCUT2D eigenvalue weighted by atomic mass is 35.5. The number of quaternary nitrogens is 1. The van der Waals surface area contributed by atoms with Crippen LogP contribution in [0.4, 0.5) is 0 Å². The second kappa shape index (κ2) is 5.91. The second-order valence-corrected chi connectivity index (χ2v) is 4.08. The average Bonchev–Trinajstić information content (AvgIpc) is 2.19. The molecule has 0 atom stereocenters. The Labute approximate surface area is 111 Å². The lowest BCUT2D eigenvalue weighted by Crippen LogP contribution is -2.05. The summed E-state index contributed by atoms with van der Waals surface area (Å²) in [6.45, 7) is -0.586. The van der Waals surface area contributed by atoms with Crippen molar-refractivity contribution in [3.63, 3.8) is 0 Å². The Hall–Kier alpha value is -0.230. The molecule has 0 heterocycles. The molecule has 0 saturated carbocycles. The van der Waals surface area contributed by atoms with Crippen molar-refractivity contribution in [1.82, 2.24) is 6.15 Å². The first-order valence-corrected chi connectivity index (χ1v) is 5.12. The van der Waals surface area contributed by atoms with Crippen LogP contribution in [0.3, 0.4) is 0 Å². The van der Waals surface area contributed by atoms with Gasteiger partial charge in [-0.05, 0) is 0 Å². The fourth-order valence-corrected chi connectivity index (χ4v) is 2.08. The summed E-state index contributed by atoms with van der Waals surface area (Å²) in [6.07, 6.45) is 0. The molecule has 0 bridgehead atoms. The molecule has 90 valence electrons. The van der Waals surface area contributed by atoms with E-state index in [2.05, 4.69) is 0 Å². The minimum atomic E-state index is -1.33. The number of carbonyl (C=O) groups is 1. The van der Waals surface area contributed by atoms with Gasteiger partial charge in [-0.1, -0.05) is 46.4 Å². The van der Waals surface area contributed by atoms with Gasteiger partial charge in [0.1, 0.15) is 0 Å². The van der Waals surface area contributed by atoms with Crippen molar-refractivity contribution >= 4 is 52.4 Å². The maximum absolute atomic E-state index is 10.9. The van der Waals surface area contributed by atoms with Crippen LogP contribution >= 0.6 is 46.4 Å². The SMILES string of the molecule is O=C(O)c1c(Cl)c(Cl)c(Cl)c(Cl)c1CO.[NH4+]. The third-order valence-electron chi connectivity index (χ3n) is 1.74. The number of aliphatic hydroxyl groups is 1. The summed E-state index contributed by atoms with van der Waals surface area (Å²) in [6, 6.07) is 0. The molecule has 1 aromatic rings. The maximum atomic E-state index is 10.9. The van der Waals surface area contributed by atoms with E-state index in [1.165, 1.54) is 0 Å². The van der Waals surface area contributed by atoms with Crippen LogP contribution in [0.5, 0.6) is 0 Å². The fourth-order valence-electron chi connectivity index (χ4n) is 1.05. The zero-order valence-electron chi connectivity index (χ0n) is 8.02. The molecule has 0 aliphatic rings. The Balaban J connectivity index is 0.00000225. The van der Waals surface area contributed by atoms with Crippen molar-refractivity contribution in [1.29, 1.82) is 0 Å². The van der Waals surface area contributed by atoms with E-state index in [-0.39, 0.29) is 37.4 Å². The Morgan fingerprint density at radius 1 is 1.00 bits per heavy atom. The van der Waals surface area contributed by atoms with Gasteiger partial charge in [0.05, 0.1) is 32.3 Å². The van der Waals surface area contributed by atoms with Crippen molar-refractivity contribution in [3.05, 3.63) is 31.2 Å². The molecule has 0 fully saturated rings. The molecular formula is C8H8Cl4NO3+. The fraction of sp³-hybridized carbons (Fsp3) is 0.125. The van der Waals surface area contributed by atoms with Crippen LogP contribution in [0, 0.1) is 0 Å². The zero-order chi connectivity index (χ0) is 11.7. The molecule has 1 aromatic carbocycles. The van der Waals surface area contributed by atoms with Gasteiger partial charge in [-0.15, -0.1) is 0 Å². The van der Waals surface area contributed by atoms with E-state index in [1.54, 1.807) is 0 Å². The van der Waals surface area contributed by atoms with E-state index in [0.29, 0.717) is 0 Å². The molecule has 0 aliphatic carbocycles. The third-order valence-corrected chi connectivity index (χ3v) is 3.58. The van der Waals surface area contributed by atoms with Gasteiger partial charge in [-0.3, -0.25) is 0 Å². The number of benzene rings is 1. The van der Waals surface area contributed by atoms with E-state index in [1.807, 2.05) is 0 Å². The number of hydrogen-bond acceptors (Lipinski definition) is 2. The molecule has 0 aliphatic heterocycles. The molecular weight excluding hydrogens is 300 g/mol. The number of rotatable bonds is 2. The largest absolute Gasteiger partial charge is 0.478 e. The number of carboxylic acid groups (broad SMARTS) is 1. The topological polar surface area (TPSA) is 94.0 Å². The van der Waals surface area contributed by atoms with Crippen LogP contribution in [-0.2, 0) is 6.61 Å². The van der Waals surface area contributed by atoms with E-state index in [0.717, 1.165) is 0 Å². The molecule has 6 N–H and O–H groups in total. The lowest BCUT2D eigenvalue weighted by Gasteiger charge is -2.11. The minimum absolute atomic E-state index is 0. The second-order valence-electron chi connectivity index (χ2n) is 2.57. The van der Waals surface area contributed by atoms with Gasteiger partial charge in [-0.2, -0.15) is 0 Å². The normalized spacial score (nSPS) is 9.81. The van der Waals surface area contributed by atoms with Crippen LogP contribution in [0.15, 0.2) is 0 Å². The predicted molar refractivity (Wildman–Crippen MR) is 65.3 cm³/mol. The van der Waals surface area contributed by atoms with E-state index < -0.39 is 12.6 Å². The van der Waals surface area contributed by atoms with Crippen LogP contribution in [-0.4, -0.2) is 16.2 Å². The van der Waals surface area contributed by atoms with Gasteiger partial charge in [-0.25, -0.2) is 4.79 Å². The summed E-state index contributed by atoms with van der Waals surface area (Å²) in [7, 11) is 0. The van der Waals surface area contributed by atoms with Crippen LogP contribution in [0.25, 0.3) is 0 Å². The summed E-state index contributed by atoms with van der Waals surface area (Å²) in [5, 5.41) is 17.3. The van der Waals surface area contributed by atoms with E-state index in [9.17, 15) is 4.79 Å². The Morgan fingerprint density at radius 3 is 1.81 bits per heavy atom. The van der Waals surface area contributed by atoms with Gasteiger partial charge in [0.15, 0.2) is 0 Å². The first kappa shape index (κ1) is 15.8. The third kappa shape index (κ3) is 2.53. The lowest BCUT2D eigenvalue weighted by atomic mass is 10.1. The number of carboxylic acids is 1. The molecule has 16 heavy (non-hydrogen) atoms. The van der Waals surface area contributed by atoms with Crippen LogP contribution < -0.4 is 6.15 Å². The number of hydrogen-bond donors (Lipinski definition) is 3. The van der Waals surface area contributed by atoms with Crippen molar-refractivity contribution in [3.8, 4) is 0 Å². The van der Waals surface area contributed by atoms with Crippen molar-refractivity contribution in [2.24, 2.45) is 0 Å². The molecule has 0 amide bonds. The molecule has 0 spiro atoms. The summed E-state index contributed by atoms with van der Waals surface area (Å²) < 4.78 is 0. The molecule has 0 unspecified atom stereocenters. The Morgan fingerprint density at radius 2 is 1.44 bits per heavy atom. The van der Waals surface area contributed by atoms with Crippen molar-refractivity contribution < 1.29 is 15.0 Å². The lowest BCUT2D eigenvalue weighted by molar-refractivity contribution is 0.0693. The smallest absolute Gasteiger partial charge is 0.337 e. The molecule has 4 nitrogen and oxygen atoms in total. The molecule has 0 saturated heterocycles. The van der Waals surface area contributed by atoms with Gasteiger partial charge in [0.25, 0.3) is 0 Å². The highest BCUT2D eigenvalue weighted by Gasteiger charge is 2.23. The highest BCUT2D eigenvalue weighted by Crippen LogP contribution is 2.41. The summed E-state index contributed by atoms with van der Waals surface area (Å²) in [4.78, 5) is 10.9. The van der Waals surface area contributed by atoms with Gasteiger partial charge < -0.3 is 16.4 Å². The van der Waals surface area contributed by atoms with Crippen LogP contribution in [0.1, 0.15) is 15.9 Å². The van der Waals surface area contributed by atoms with E-state index in [4.69, 9.17) is 56.6 Å². The molecule has 1 rings (SSSR count). The standard InChI is InChI=1S/C8H4Cl4O3.H3N/c9-4-2(1-13)3(8(14)15)5(10)7(12)6(4)11;/h13H,1H2,(H,14,15);1H3/p+1. The molecule has 8 heteroatoms. The Kier molecular flexibility index (Phi) is 5.82. The summed E-state index contributed by atoms with van der Waals surface area (Å²) in [5.74, 6) is -1.33. The van der Waals surface area contributed by atoms with Crippen molar-refractivity contribution in [2.75, 3.05) is 0 Å². The maximum Gasteiger partial charge on any atom is 0.337 e.